The number of ketones is 1. The number of carbonyl (C=O) groups excluding carboxylic acids is 1. The number of allylic oxidation sites excluding steroid dienone is 1. The van der Waals surface area contributed by atoms with E-state index in [1.165, 1.54) is 27.4 Å². The average molecular weight is 348 g/mol. The second-order valence-corrected chi connectivity index (χ2v) is 4.79. The molecule has 0 saturated heterocycles. The Morgan fingerprint density at radius 1 is 1.12 bits per heavy atom. The second kappa shape index (κ2) is 11.1. The Bertz CT molecular complexity index is 629. The zero-order valence-electron chi connectivity index (χ0n) is 15.3. The third kappa shape index (κ3) is 6.87. The summed E-state index contributed by atoms with van der Waals surface area (Å²) in [5.74, 6) is 6.33. The smallest absolute Gasteiger partial charge is 0.228 e. The third-order valence-corrected chi connectivity index (χ3v) is 3.12. The second-order valence-electron chi connectivity index (χ2n) is 4.79. The highest BCUT2D eigenvalue weighted by atomic mass is 16.7. The monoisotopic (exact) mass is 348 g/mol. The minimum Gasteiger partial charge on any atom is -0.493 e. The van der Waals surface area contributed by atoms with Crippen molar-refractivity contribution in [1.82, 2.24) is 0 Å². The first-order valence-corrected chi connectivity index (χ1v) is 7.79. The summed E-state index contributed by atoms with van der Waals surface area (Å²) in [7, 11) is 4.60. The molecule has 1 atom stereocenters. The molecule has 1 aromatic rings. The van der Waals surface area contributed by atoms with Crippen LogP contribution in [0.15, 0.2) is 18.2 Å². The Hall–Kier alpha value is -2.49. The Morgan fingerprint density at radius 2 is 1.76 bits per heavy atom. The lowest BCUT2D eigenvalue weighted by Crippen LogP contribution is -2.12. The van der Waals surface area contributed by atoms with Gasteiger partial charge in [0.05, 0.1) is 21.3 Å². The van der Waals surface area contributed by atoms with Crippen LogP contribution in [0, 0.1) is 11.8 Å². The van der Waals surface area contributed by atoms with Gasteiger partial charge in [-0.2, -0.15) is 0 Å². The van der Waals surface area contributed by atoms with Gasteiger partial charge in [0, 0.05) is 6.61 Å². The van der Waals surface area contributed by atoms with Gasteiger partial charge in [0.15, 0.2) is 17.8 Å². The van der Waals surface area contributed by atoms with E-state index in [0.29, 0.717) is 23.9 Å². The summed E-state index contributed by atoms with van der Waals surface area (Å²) >= 11 is 0. The van der Waals surface area contributed by atoms with Crippen LogP contribution in [0.5, 0.6) is 17.2 Å². The number of ether oxygens (including phenoxy) is 5. The van der Waals surface area contributed by atoms with E-state index in [-0.39, 0.29) is 18.7 Å². The molecule has 1 rings (SSSR count). The van der Waals surface area contributed by atoms with Crippen LogP contribution in [-0.4, -0.2) is 46.6 Å². The molecule has 0 heterocycles. The van der Waals surface area contributed by atoms with E-state index in [4.69, 9.17) is 23.7 Å². The van der Waals surface area contributed by atoms with Crippen molar-refractivity contribution in [3.63, 3.8) is 0 Å². The molecular weight excluding hydrogens is 324 g/mol. The number of carbonyl (C=O) groups is 1. The standard InChI is InChI=1S/C19H24O6/c1-6-24-14(2)25-11-7-8-16(20)10-9-15-12-17(21-3)19(23-5)18(13-15)22-4/h9-10,12-14H,6,11H2,1-5H3. The first kappa shape index (κ1) is 20.6. The first-order valence-electron chi connectivity index (χ1n) is 7.79. The van der Waals surface area contributed by atoms with E-state index in [9.17, 15) is 4.79 Å². The molecule has 1 unspecified atom stereocenters. The van der Waals surface area contributed by atoms with Gasteiger partial charge in [-0.25, -0.2) is 0 Å². The van der Waals surface area contributed by atoms with Crippen molar-refractivity contribution in [2.24, 2.45) is 0 Å². The van der Waals surface area contributed by atoms with E-state index >= 15 is 0 Å². The topological polar surface area (TPSA) is 63.2 Å². The molecule has 0 bridgehead atoms. The van der Waals surface area contributed by atoms with Gasteiger partial charge >= 0.3 is 0 Å². The van der Waals surface area contributed by atoms with Crippen molar-refractivity contribution in [2.45, 2.75) is 20.1 Å². The lowest BCUT2D eigenvalue weighted by Gasteiger charge is -2.12. The predicted molar refractivity (Wildman–Crippen MR) is 95.0 cm³/mol. The number of hydrogen-bond donors (Lipinski definition) is 0. The highest BCUT2D eigenvalue weighted by molar-refractivity contribution is 6.06. The fraction of sp³-hybridized carbons (Fsp3) is 0.421. The Balaban J connectivity index is 2.74. The zero-order valence-corrected chi connectivity index (χ0v) is 15.3. The van der Waals surface area contributed by atoms with Crippen molar-refractivity contribution in [1.29, 1.82) is 0 Å². The highest BCUT2D eigenvalue weighted by Gasteiger charge is 2.12. The van der Waals surface area contributed by atoms with Gasteiger partial charge in [0.25, 0.3) is 0 Å². The number of hydrogen-bond acceptors (Lipinski definition) is 6. The van der Waals surface area contributed by atoms with Gasteiger partial charge in [0.1, 0.15) is 6.61 Å². The molecule has 0 amide bonds. The molecule has 25 heavy (non-hydrogen) atoms. The molecule has 0 radical (unpaired) electrons. The summed E-state index contributed by atoms with van der Waals surface area (Å²) in [5, 5.41) is 0. The summed E-state index contributed by atoms with van der Waals surface area (Å²) < 4.78 is 26.2. The quantitative estimate of drug-likeness (QED) is 0.296. The molecule has 6 nitrogen and oxygen atoms in total. The Labute approximate surface area is 148 Å². The molecule has 0 spiro atoms. The Kier molecular flexibility index (Phi) is 9.15. The van der Waals surface area contributed by atoms with E-state index in [1.54, 1.807) is 25.1 Å². The van der Waals surface area contributed by atoms with Crippen molar-refractivity contribution in [2.75, 3.05) is 34.5 Å². The molecule has 0 aliphatic rings. The van der Waals surface area contributed by atoms with Crippen molar-refractivity contribution < 1.29 is 28.5 Å². The zero-order chi connectivity index (χ0) is 18.7. The average Bonchev–Trinajstić information content (AvgIpc) is 2.62. The molecule has 136 valence electrons. The molecule has 0 aliphatic carbocycles. The largest absolute Gasteiger partial charge is 0.493 e. The van der Waals surface area contributed by atoms with Gasteiger partial charge < -0.3 is 23.7 Å². The Morgan fingerprint density at radius 3 is 2.28 bits per heavy atom. The predicted octanol–water partition coefficient (Wildman–Crippen LogP) is 2.70. The van der Waals surface area contributed by atoms with Crippen LogP contribution in [0.25, 0.3) is 6.08 Å². The van der Waals surface area contributed by atoms with Crippen LogP contribution < -0.4 is 14.2 Å². The third-order valence-electron chi connectivity index (χ3n) is 3.12. The molecule has 1 aromatic carbocycles. The fourth-order valence-corrected chi connectivity index (χ4v) is 1.98. The van der Waals surface area contributed by atoms with Gasteiger partial charge in [-0.15, -0.1) is 0 Å². The molecule has 6 heteroatoms. The van der Waals surface area contributed by atoms with Crippen LogP contribution in [-0.2, 0) is 14.3 Å². The number of methoxy groups -OCH3 is 3. The maximum absolute atomic E-state index is 11.8. The SMILES string of the molecule is CCOC(C)OCC#CC(=O)C=Cc1cc(OC)c(OC)c(OC)c1. The number of rotatable bonds is 9. The van der Waals surface area contributed by atoms with Crippen LogP contribution >= 0.6 is 0 Å². The van der Waals surface area contributed by atoms with Crippen molar-refractivity contribution in [3.05, 3.63) is 23.8 Å². The molecule has 0 aliphatic heterocycles. The van der Waals surface area contributed by atoms with Crippen LogP contribution in [0.2, 0.25) is 0 Å². The minimum absolute atomic E-state index is 0.130. The normalized spacial score (nSPS) is 11.6. The first-order chi connectivity index (χ1) is 12.0. The van der Waals surface area contributed by atoms with Crippen LogP contribution in [0.4, 0.5) is 0 Å². The summed E-state index contributed by atoms with van der Waals surface area (Å²) in [5.41, 5.74) is 0.728. The van der Waals surface area contributed by atoms with Crippen molar-refractivity contribution >= 4 is 11.9 Å². The van der Waals surface area contributed by atoms with E-state index in [2.05, 4.69) is 11.8 Å². The lowest BCUT2D eigenvalue weighted by molar-refractivity contribution is -0.117. The summed E-state index contributed by atoms with van der Waals surface area (Å²) in [6.07, 6.45) is 2.66. The van der Waals surface area contributed by atoms with Crippen LogP contribution in [0.1, 0.15) is 19.4 Å². The minimum atomic E-state index is -0.343. The fourth-order valence-electron chi connectivity index (χ4n) is 1.98. The molecule has 0 aromatic heterocycles. The molecule has 0 N–H and O–H groups in total. The van der Waals surface area contributed by atoms with E-state index in [1.807, 2.05) is 6.92 Å². The van der Waals surface area contributed by atoms with Crippen LogP contribution in [0.3, 0.4) is 0 Å². The van der Waals surface area contributed by atoms with E-state index < -0.39 is 0 Å². The maximum atomic E-state index is 11.8. The van der Waals surface area contributed by atoms with Gasteiger partial charge in [-0.1, -0.05) is 12.0 Å². The van der Waals surface area contributed by atoms with Gasteiger partial charge in [-0.05, 0) is 43.5 Å². The van der Waals surface area contributed by atoms with Gasteiger partial charge in [-0.3, -0.25) is 4.79 Å². The van der Waals surface area contributed by atoms with Crippen molar-refractivity contribution in [3.8, 4) is 29.1 Å². The summed E-state index contributed by atoms with van der Waals surface area (Å²) in [4.78, 5) is 11.8. The molecular formula is C19H24O6. The molecule has 0 fully saturated rings. The van der Waals surface area contributed by atoms with E-state index in [0.717, 1.165) is 5.56 Å². The molecule has 0 saturated carbocycles. The highest BCUT2D eigenvalue weighted by Crippen LogP contribution is 2.38. The maximum Gasteiger partial charge on any atom is 0.228 e. The lowest BCUT2D eigenvalue weighted by atomic mass is 10.1. The summed E-state index contributed by atoms with van der Waals surface area (Å²) in [6, 6.07) is 3.48. The number of benzene rings is 1. The summed E-state index contributed by atoms with van der Waals surface area (Å²) in [6.45, 7) is 4.34. The van der Waals surface area contributed by atoms with Gasteiger partial charge in [0.2, 0.25) is 11.5 Å².